The van der Waals surface area contributed by atoms with Crippen LogP contribution in [0, 0.1) is 55.3 Å². The molecule has 2 bridgehead atoms. The highest BCUT2D eigenvalue weighted by Crippen LogP contribution is 2.65. The Kier molecular flexibility index (Phi) is 4.78. The molecule has 7 nitrogen and oxygen atoms in total. The van der Waals surface area contributed by atoms with Gasteiger partial charge in [0.1, 0.15) is 5.75 Å². The van der Waals surface area contributed by atoms with Gasteiger partial charge in [-0.25, -0.2) is 0 Å². The van der Waals surface area contributed by atoms with Crippen molar-refractivity contribution in [3.63, 3.8) is 0 Å². The van der Waals surface area contributed by atoms with Crippen molar-refractivity contribution in [2.45, 2.75) is 26.7 Å². The van der Waals surface area contributed by atoms with E-state index in [9.17, 15) is 19.2 Å². The number of esters is 1. The van der Waals surface area contributed by atoms with Crippen LogP contribution in [-0.2, 0) is 19.2 Å². The van der Waals surface area contributed by atoms with Crippen molar-refractivity contribution in [2.24, 2.45) is 41.4 Å². The molecule has 8 rings (SSSR count). The van der Waals surface area contributed by atoms with Gasteiger partial charge in [-0.2, -0.15) is 0 Å². The lowest BCUT2D eigenvalue weighted by Crippen LogP contribution is -2.40. The van der Waals surface area contributed by atoms with Crippen molar-refractivity contribution in [2.75, 3.05) is 16.3 Å². The lowest BCUT2D eigenvalue weighted by atomic mass is 9.63. The Morgan fingerprint density at radius 1 is 0.892 bits per heavy atom. The zero-order chi connectivity index (χ0) is 25.6. The molecule has 7 atom stereocenters. The minimum atomic E-state index is -0.564. The van der Waals surface area contributed by atoms with Crippen LogP contribution in [0.4, 0.5) is 11.4 Å². The summed E-state index contributed by atoms with van der Waals surface area (Å²) in [5, 5.41) is 0. The molecule has 0 spiro atoms. The Hall–Kier alpha value is -3.74. The maximum atomic E-state index is 13.3. The summed E-state index contributed by atoms with van der Waals surface area (Å²) in [7, 11) is 0. The number of amides is 3. The summed E-state index contributed by atoms with van der Waals surface area (Å²) in [6, 6.07) is 12.5. The van der Waals surface area contributed by atoms with Gasteiger partial charge in [0.2, 0.25) is 17.7 Å². The Morgan fingerprint density at radius 3 is 2.19 bits per heavy atom. The number of carbonyl (C=O) groups is 4. The summed E-state index contributed by atoms with van der Waals surface area (Å²) >= 11 is 0. The molecule has 2 aromatic rings. The van der Waals surface area contributed by atoms with Crippen LogP contribution in [0.1, 0.15) is 24.0 Å². The predicted octanol–water partition coefficient (Wildman–Crippen LogP) is 3.82. The van der Waals surface area contributed by atoms with Crippen LogP contribution in [0.15, 0.2) is 54.6 Å². The molecular weight excluding hydrogens is 468 g/mol. The summed E-state index contributed by atoms with van der Waals surface area (Å²) in [6.07, 6.45) is 5.55. The molecular formula is C30H28N2O5. The first-order valence-corrected chi connectivity index (χ1v) is 13.1. The SMILES string of the molecule is Cc1ccc(C)c(N2C[C@H](C(=O)Oc3ccc(N4C(=O)[C@@H]5[C@H]6C=C[C@@H]([C@@H]7C[C@H]67)[C@@H]5C4=O)cc3)CC2=O)c1. The summed E-state index contributed by atoms with van der Waals surface area (Å²) in [4.78, 5) is 55.2. The highest BCUT2D eigenvalue weighted by atomic mass is 16.5. The third kappa shape index (κ3) is 3.32. The highest BCUT2D eigenvalue weighted by Gasteiger charge is 2.67. The van der Waals surface area contributed by atoms with E-state index in [1.54, 1.807) is 29.2 Å². The number of anilines is 2. The van der Waals surface area contributed by atoms with E-state index in [-0.39, 0.29) is 54.4 Å². The fourth-order valence-corrected chi connectivity index (χ4v) is 7.18. The summed E-state index contributed by atoms with van der Waals surface area (Å²) in [5.41, 5.74) is 3.37. The molecule has 0 aromatic heterocycles. The van der Waals surface area contributed by atoms with E-state index in [0.29, 0.717) is 23.3 Å². The minimum absolute atomic E-state index is 0.0976. The van der Waals surface area contributed by atoms with Crippen LogP contribution in [0.2, 0.25) is 0 Å². The van der Waals surface area contributed by atoms with Crippen LogP contribution in [0.5, 0.6) is 5.75 Å². The Balaban J connectivity index is 1.04. The highest BCUT2D eigenvalue weighted by molar-refractivity contribution is 6.22. The second-order valence-corrected chi connectivity index (χ2v) is 11.3. The van der Waals surface area contributed by atoms with Crippen LogP contribution < -0.4 is 14.5 Å². The lowest BCUT2D eigenvalue weighted by Gasteiger charge is -2.37. The molecule has 188 valence electrons. The van der Waals surface area contributed by atoms with E-state index in [4.69, 9.17) is 4.74 Å². The second-order valence-electron chi connectivity index (χ2n) is 11.3. The van der Waals surface area contributed by atoms with Gasteiger partial charge in [-0.05, 0) is 85.4 Å². The number of allylic oxidation sites excluding steroid dienone is 2. The van der Waals surface area contributed by atoms with Crippen molar-refractivity contribution >= 4 is 35.1 Å². The maximum absolute atomic E-state index is 13.3. The normalized spacial score (nSPS) is 33.1. The third-order valence-corrected chi connectivity index (χ3v) is 9.09. The van der Waals surface area contributed by atoms with E-state index >= 15 is 0 Å². The van der Waals surface area contributed by atoms with Crippen LogP contribution in [0.25, 0.3) is 0 Å². The molecule has 6 aliphatic rings. The number of hydrogen-bond donors (Lipinski definition) is 0. The zero-order valence-corrected chi connectivity index (χ0v) is 20.8. The number of ether oxygens (including phenoxy) is 1. The average molecular weight is 497 g/mol. The first kappa shape index (κ1) is 22.5. The minimum Gasteiger partial charge on any atom is -0.426 e. The molecule has 0 N–H and O–H groups in total. The van der Waals surface area contributed by atoms with E-state index in [0.717, 1.165) is 23.2 Å². The monoisotopic (exact) mass is 496 g/mol. The van der Waals surface area contributed by atoms with Crippen molar-refractivity contribution in [3.05, 3.63) is 65.7 Å². The van der Waals surface area contributed by atoms with Crippen molar-refractivity contribution in [3.8, 4) is 5.75 Å². The van der Waals surface area contributed by atoms with Crippen LogP contribution >= 0.6 is 0 Å². The Bertz CT molecular complexity index is 1360. The van der Waals surface area contributed by atoms with Crippen LogP contribution in [-0.4, -0.2) is 30.2 Å². The first-order valence-electron chi connectivity index (χ1n) is 13.1. The largest absolute Gasteiger partial charge is 0.426 e. The van der Waals surface area contributed by atoms with Gasteiger partial charge >= 0.3 is 5.97 Å². The maximum Gasteiger partial charge on any atom is 0.316 e. The van der Waals surface area contributed by atoms with Gasteiger partial charge in [-0.15, -0.1) is 0 Å². The third-order valence-electron chi connectivity index (χ3n) is 9.09. The standard InChI is InChI=1S/C30H28N2O5/c1-15-3-4-16(2)24(11-15)31-14-17(12-25(31)33)30(36)37-19-7-5-18(6-8-19)32-28(34)26-20-9-10-21(23-13-22(20)23)27(26)29(32)35/h3-11,17,20-23,26-27H,12-14H2,1-2H3/t17-,20+,21+,22-,23+,26-,27+/m1/s1. The molecule has 4 aliphatic carbocycles. The number of carbonyl (C=O) groups excluding carboxylic acids is 4. The molecule has 37 heavy (non-hydrogen) atoms. The Labute approximate surface area is 215 Å². The van der Waals surface area contributed by atoms with Crippen molar-refractivity contribution < 1.29 is 23.9 Å². The predicted molar refractivity (Wildman–Crippen MR) is 136 cm³/mol. The molecule has 2 aliphatic heterocycles. The smallest absolute Gasteiger partial charge is 0.316 e. The van der Waals surface area contributed by atoms with Gasteiger partial charge in [0.15, 0.2) is 0 Å². The summed E-state index contributed by atoms with van der Waals surface area (Å²) in [6.45, 7) is 4.20. The van der Waals surface area contributed by atoms with E-state index in [2.05, 4.69) is 12.2 Å². The van der Waals surface area contributed by atoms with Gasteiger partial charge in [-0.1, -0.05) is 24.3 Å². The molecule has 0 unspecified atom stereocenters. The van der Waals surface area contributed by atoms with E-state index < -0.39 is 11.9 Å². The number of hydrogen-bond acceptors (Lipinski definition) is 5. The van der Waals surface area contributed by atoms with Gasteiger partial charge in [0.25, 0.3) is 0 Å². The second kappa shape index (κ2) is 7.88. The zero-order valence-electron chi connectivity index (χ0n) is 20.8. The average Bonchev–Trinajstić information content (AvgIpc) is 3.57. The molecule has 3 amide bonds. The van der Waals surface area contributed by atoms with E-state index in [1.807, 2.05) is 32.0 Å². The summed E-state index contributed by atoms with van der Waals surface area (Å²) in [5.74, 6) is -0.0380. The van der Waals surface area contributed by atoms with Gasteiger partial charge in [-0.3, -0.25) is 24.1 Å². The molecule has 2 aromatic carbocycles. The molecule has 7 heteroatoms. The molecule has 4 fully saturated rings. The molecule has 0 radical (unpaired) electrons. The van der Waals surface area contributed by atoms with Crippen LogP contribution in [0.3, 0.4) is 0 Å². The molecule has 2 saturated carbocycles. The van der Waals surface area contributed by atoms with Crippen molar-refractivity contribution in [1.82, 2.24) is 0 Å². The fraction of sp³-hybridized carbons (Fsp3) is 0.400. The van der Waals surface area contributed by atoms with E-state index in [1.165, 1.54) is 4.90 Å². The Morgan fingerprint density at radius 2 is 1.54 bits per heavy atom. The van der Waals surface area contributed by atoms with Gasteiger partial charge in [0, 0.05) is 18.7 Å². The van der Waals surface area contributed by atoms with Gasteiger partial charge in [0.05, 0.1) is 23.4 Å². The lowest BCUT2D eigenvalue weighted by molar-refractivity contribution is -0.139. The quantitative estimate of drug-likeness (QED) is 0.278. The summed E-state index contributed by atoms with van der Waals surface area (Å²) < 4.78 is 5.60. The number of rotatable bonds is 4. The number of nitrogens with zero attached hydrogens (tertiary/aromatic N) is 2. The van der Waals surface area contributed by atoms with Crippen molar-refractivity contribution in [1.29, 1.82) is 0 Å². The van der Waals surface area contributed by atoms with Gasteiger partial charge < -0.3 is 9.64 Å². The molecule has 2 heterocycles. The molecule has 2 saturated heterocycles. The number of benzene rings is 2. The fourth-order valence-electron chi connectivity index (χ4n) is 7.18. The first-order chi connectivity index (χ1) is 17.8. The topological polar surface area (TPSA) is 84.0 Å². The number of imide groups is 1. The number of aryl methyl sites for hydroxylation is 2.